The van der Waals surface area contributed by atoms with E-state index in [1.54, 1.807) is 0 Å². The second-order valence-electron chi connectivity index (χ2n) is 4.99. The molecule has 4 nitrogen and oxygen atoms in total. The van der Waals surface area contributed by atoms with Crippen LogP contribution in [0.3, 0.4) is 0 Å². The summed E-state index contributed by atoms with van der Waals surface area (Å²) >= 11 is 0. The Morgan fingerprint density at radius 3 is 2.74 bits per heavy atom. The fourth-order valence-corrected chi connectivity index (χ4v) is 2.30. The zero-order valence-corrected chi connectivity index (χ0v) is 11.7. The van der Waals surface area contributed by atoms with Crippen molar-refractivity contribution in [1.82, 2.24) is 4.90 Å². The lowest BCUT2D eigenvalue weighted by Crippen LogP contribution is -2.48. The molecule has 4 heteroatoms. The Labute approximate surface area is 114 Å². The van der Waals surface area contributed by atoms with Gasteiger partial charge >= 0.3 is 0 Å². The number of morpholine rings is 1. The molecule has 0 aromatic heterocycles. The third kappa shape index (κ3) is 3.93. The van der Waals surface area contributed by atoms with E-state index in [0.717, 1.165) is 18.8 Å². The SMILES string of the molecule is CCOc1ccc(CN2CC(CO)OCC2C)cc1. The van der Waals surface area contributed by atoms with Gasteiger partial charge in [-0.1, -0.05) is 12.1 Å². The monoisotopic (exact) mass is 265 g/mol. The second-order valence-corrected chi connectivity index (χ2v) is 4.99. The molecule has 0 aliphatic carbocycles. The van der Waals surface area contributed by atoms with E-state index in [2.05, 4.69) is 24.0 Å². The Kier molecular flexibility index (Phi) is 5.19. The molecule has 1 saturated heterocycles. The van der Waals surface area contributed by atoms with Crippen molar-refractivity contribution in [2.45, 2.75) is 32.5 Å². The van der Waals surface area contributed by atoms with Gasteiger partial charge in [-0.2, -0.15) is 0 Å². The molecular formula is C15H23NO3. The largest absolute Gasteiger partial charge is 0.494 e. The standard InChI is InChI=1S/C15H23NO3/c1-3-18-14-6-4-13(5-7-14)8-16-9-15(10-17)19-11-12(16)2/h4-7,12,15,17H,3,8-11H2,1-2H3. The van der Waals surface area contributed by atoms with Gasteiger partial charge in [-0.25, -0.2) is 0 Å². The first-order chi connectivity index (χ1) is 9.22. The molecule has 1 fully saturated rings. The predicted molar refractivity (Wildman–Crippen MR) is 74.3 cm³/mol. The van der Waals surface area contributed by atoms with Crippen LogP contribution in [0.1, 0.15) is 19.4 Å². The molecule has 1 heterocycles. The highest BCUT2D eigenvalue weighted by molar-refractivity contribution is 5.27. The van der Waals surface area contributed by atoms with Crippen LogP contribution in [0, 0.1) is 0 Å². The van der Waals surface area contributed by atoms with Gasteiger partial charge in [-0.05, 0) is 31.5 Å². The van der Waals surface area contributed by atoms with Crippen LogP contribution in [0.15, 0.2) is 24.3 Å². The van der Waals surface area contributed by atoms with Crippen molar-refractivity contribution in [3.63, 3.8) is 0 Å². The maximum Gasteiger partial charge on any atom is 0.119 e. The molecule has 2 unspecified atom stereocenters. The molecule has 1 aromatic carbocycles. The molecule has 1 aliphatic heterocycles. The lowest BCUT2D eigenvalue weighted by Gasteiger charge is -2.37. The number of hydrogen-bond donors (Lipinski definition) is 1. The molecule has 19 heavy (non-hydrogen) atoms. The highest BCUT2D eigenvalue weighted by Crippen LogP contribution is 2.18. The summed E-state index contributed by atoms with van der Waals surface area (Å²) in [4.78, 5) is 2.35. The Bertz CT molecular complexity index is 379. The maximum absolute atomic E-state index is 9.19. The number of aliphatic hydroxyl groups excluding tert-OH is 1. The summed E-state index contributed by atoms with van der Waals surface area (Å²) in [7, 11) is 0. The van der Waals surface area contributed by atoms with E-state index in [0.29, 0.717) is 19.3 Å². The minimum absolute atomic E-state index is 0.0566. The molecule has 2 atom stereocenters. The molecular weight excluding hydrogens is 242 g/mol. The van der Waals surface area contributed by atoms with Gasteiger partial charge < -0.3 is 14.6 Å². The maximum atomic E-state index is 9.19. The topological polar surface area (TPSA) is 41.9 Å². The molecule has 106 valence electrons. The van der Waals surface area contributed by atoms with E-state index in [1.165, 1.54) is 5.56 Å². The van der Waals surface area contributed by atoms with Crippen LogP contribution in [0.4, 0.5) is 0 Å². The number of nitrogens with zero attached hydrogens (tertiary/aromatic N) is 1. The van der Waals surface area contributed by atoms with Crippen LogP contribution in [-0.2, 0) is 11.3 Å². The first-order valence-corrected chi connectivity index (χ1v) is 6.91. The smallest absolute Gasteiger partial charge is 0.119 e. The summed E-state index contributed by atoms with van der Waals surface area (Å²) < 4.78 is 11.0. The lowest BCUT2D eigenvalue weighted by atomic mass is 10.1. The van der Waals surface area contributed by atoms with Gasteiger partial charge in [0.15, 0.2) is 0 Å². The normalized spacial score (nSPS) is 24.4. The van der Waals surface area contributed by atoms with E-state index in [4.69, 9.17) is 9.47 Å². The average molecular weight is 265 g/mol. The molecule has 2 rings (SSSR count). The Morgan fingerprint density at radius 2 is 2.11 bits per heavy atom. The summed E-state index contributed by atoms with van der Waals surface area (Å²) in [6, 6.07) is 8.60. The summed E-state index contributed by atoms with van der Waals surface area (Å²) in [6.45, 7) is 7.27. The minimum atomic E-state index is -0.0566. The molecule has 0 bridgehead atoms. The van der Waals surface area contributed by atoms with Gasteiger partial charge in [0.05, 0.1) is 25.9 Å². The fourth-order valence-electron chi connectivity index (χ4n) is 2.30. The highest BCUT2D eigenvalue weighted by atomic mass is 16.5. The van der Waals surface area contributed by atoms with Crippen molar-refractivity contribution in [2.75, 3.05) is 26.4 Å². The Hall–Kier alpha value is -1.10. The van der Waals surface area contributed by atoms with Crippen LogP contribution >= 0.6 is 0 Å². The average Bonchev–Trinajstić information content (AvgIpc) is 2.44. The van der Waals surface area contributed by atoms with Gasteiger partial charge in [0.2, 0.25) is 0 Å². The fraction of sp³-hybridized carbons (Fsp3) is 0.600. The van der Waals surface area contributed by atoms with E-state index < -0.39 is 0 Å². The summed E-state index contributed by atoms with van der Waals surface area (Å²) in [5.41, 5.74) is 1.26. The van der Waals surface area contributed by atoms with Gasteiger partial charge in [-0.3, -0.25) is 4.90 Å². The van der Waals surface area contributed by atoms with Gasteiger partial charge in [-0.15, -0.1) is 0 Å². The first-order valence-electron chi connectivity index (χ1n) is 6.91. The Balaban J connectivity index is 1.95. The molecule has 0 radical (unpaired) electrons. The number of hydrogen-bond acceptors (Lipinski definition) is 4. The molecule has 0 amide bonds. The molecule has 0 saturated carbocycles. The number of aliphatic hydroxyl groups is 1. The molecule has 1 N–H and O–H groups in total. The van der Waals surface area contributed by atoms with E-state index in [9.17, 15) is 5.11 Å². The molecule has 1 aliphatic rings. The van der Waals surface area contributed by atoms with E-state index in [-0.39, 0.29) is 12.7 Å². The van der Waals surface area contributed by atoms with Crippen LogP contribution in [0.2, 0.25) is 0 Å². The molecule has 1 aromatic rings. The highest BCUT2D eigenvalue weighted by Gasteiger charge is 2.25. The van der Waals surface area contributed by atoms with Crippen LogP contribution in [0.25, 0.3) is 0 Å². The van der Waals surface area contributed by atoms with Crippen LogP contribution in [-0.4, -0.2) is 48.5 Å². The lowest BCUT2D eigenvalue weighted by molar-refractivity contribution is -0.0805. The molecule has 0 spiro atoms. The third-order valence-electron chi connectivity index (χ3n) is 3.46. The minimum Gasteiger partial charge on any atom is -0.494 e. The summed E-state index contributed by atoms with van der Waals surface area (Å²) in [5.74, 6) is 0.912. The van der Waals surface area contributed by atoms with E-state index in [1.807, 2.05) is 19.1 Å². The Morgan fingerprint density at radius 1 is 1.37 bits per heavy atom. The van der Waals surface area contributed by atoms with E-state index >= 15 is 0 Å². The van der Waals surface area contributed by atoms with Crippen molar-refractivity contribution in [1.29, 1.82) is 0 Å². The van der Waals surface area contributed by atoms with Crippen molar-refractivity contribution in [3.05, 3.63) is 29.8 Å². The van der Waals surface area contributed by atoms with Crippen molar-refractivity contribution in [3.8, 4) is 5.75 Å². The second kappa shape index (κ2) is 6.89. The van der Waals surface area contributed by atoms with Crippen molar-refractivity contribution < 1.29 is 14.6 Å². The summed E-state index contributed by atoms with van der Waals surface area (Å²) in [6.07, 6.45) is -0.0566. The third-order valence-corrected chi connectivity index (χ3v) is 3.46. The van der Waals surface area contributed by atoms with Gasteiger partial charge in [0.25, 0.3) is 0 Å². The van der Waals surface area contributed by atoms with Crippen molar-refractivity contribution >= 4 is 0 Å². The zero-order chi connectivity index (χ0) is 13.7. The van der Waals surface area contributed by atoms with Gasteiger partial charge in [0, 0.05) is 19.1 Å². The van der Waals surface area contributed by atoms with Gasteiger partial charge in [0.1, 0.15) is 5.75 Å². The number of benzene rings is 1. The summed E-state index contributed by atoms with van der Waals surface area (Å²) in [5, 5.41) is 9.19. The zero-order valence-electron chi connectivity index (χ0n) is 11.7. The van der Waals surface area contributed by atoms with Crippen LogP contribution in [0.5, 0.6) is 5.75 Å². The first kappa shape index (κ1) is 14.3. The van der Waals surface area contributed by atoms with Crippen molar-refractivity contribution in [2.24, 2.45) is 0 Å². The number of rotatable bonds is 5. The quantitative estimate of drug-likeness (QED) is 0.879. The number of ether oxygens (including phenoxy) is 2. The predicted octanol–water partition coefficient (Wildman–Crippen LogP) is 1.67. The van der Waals surface area contributed by atoms with Crippen LogP contribution < -0.4 is 4.74 Å².